The predicted octanol–water partition coefficient (Wildman–Crippen LogP) is 6.91. The second-order valence-corrected chi connectivity index (χ2v) is 28.6. The number of carbonyl (C=O) groups is 3. The number of epoxide rings is 1. The third-order valence-corrected chi connectivity index (χ3v) is 26.9. The first-order chi connectivity index (χ1) is 36.2. The lowest BCUT2D eigenvalue weighted by atomic mass is 9.32. The quantitative estimate of drug-likeness (QED) is 0.131. The van der Waals surface area contributed by atoms with Crippen LogP contribution in [-0.4, -0.2) is 106 Å². The van der Waals surface area contributed by atoms with E-state index < -0.39 is 92.0 Å². The average molecular weight is 1030 g/mol. The molecular weight excluding hydrogens is 949 g/mol. The van der Waals surface area contributed by atoms with E-state index in [0.717, 1.165) is 64.6 Å². The van der Waals surface area contributed by atoms with Gasteiger partial charge in [-0.1, -0.05) is 70.1 Å². The Morgan fingerprint density at radius 2 is 1.84 bits per heavy atom. The summed E-state index contributed by atoms with van der Waals surface area (Å²) in [5, 5.41) is 39.7. The van der Waals surface area contributed by atoms with E-state index in [-0.39, 0.29) is 54.6 Å². The van der Waals surface area contributed by atoms with Crippen LogP contribution in [0.1, 0.15) is 122 Å². The molecule has 13 heteroatoms. The zero-order valence-electron chi connectivity index (χ0n) is 43.9. The van der Waals surface area contributed by atoms with Gasteiger partial charge >= 0.3 is 11.9 Å². The monoisotopic (exact) mass is 1020 g/mol. The van der Waals surface area contributed by atoms with Gasteiger partial charge in [-0.2, -0.15) is 0 Å². The Labute approximate surface area is 439 Å². The molecule has 7 saturated carbocycles. The second kappa shape index (κ2) is 14.6. The maximum absolute atomic E-state index is 16.7. The van der Waals surface area contributed by atoms with Gasteiger partial charge in [0, 0.05) is 46.7 Å². The van der Waals surface area contributed by atoms with Gasteiger partial charge in [0.2, 0.25) is 0 Å². The maximum atomic E-state index is 16.7. The highest BCUT2D eigenvalue weighted by Crippen LogP contribution is 2.89. The molecule has 12 fully saturated rings. The van der Waals surface area contributed by atoms with Gasteiger partial charge in [-0.3, -0.25) is 14.9 Å². The number of allylic oxidation sites excluding steroid dienone is 4. The molecule has 7 aliphatic heterocycles. The average Bonchev–Trinajstić information content (AvgIpc) is 2.96. The molecule has 9 aliphatic carbocycles. The highest BCUT2D eigenvalue weighted by molar-refractivity contribution is 5.94. The molecule has 6 spiro atoms. The molecule has 13 nitrogen and oxygen atoms in total. The topological polar surface area (TPSA) is 181 Å². The molecule has 1 aromatic rings. The van der Waals surface area contributed by atoms with Crippen LogP contribution in [0.15, 0.2) is 65.0 Å². The number of aliphatic hydroxyl groups excluding tert-OH is 3. The van der Waals surface area contributed by atoms with E-state index in [2.05, 4.69) is 73.6 Å². The summed E-state index contributed by atoms with van der Waals surface area (Å²) in [5.74, 6) is -0.125. The SMILES string of the molecule is C[C@@H]1[C@@H]2CCC[C@H]2C=C[C@]12C=CC[C@]13O[C@]45C(=C[C@@H]21)C[C@H]1CCC[C@]12C[C@@H]1C[C@@]6(C)[C@H](c7ccoc7C[C@@H]([C@H]7CC[C@H]8[C@H](C=CN9CNC[C@@H]89)C7)[C@H](O)CO)OC(=O)[C@H]7O[C@]76[C@]6(C)[C@H](O)C(=O)[C@H]3[C@@]4(COC(=O)[C@@H]25)[C@@H]16. The minimum absolute atomic E-state index is 0.0295. The van der Waals surface area contributed by atoms with Crippen molar-refractivity contribution in [2.24, 2.45) is 104 Å². The van der Waals surface area contributed by atoms with Gasteiger partial charge in [-0.25, -0.2) is 4.79 Å². The number of nitrogens with one attached hydrogen (secondary N) is 1. The molecule has 26 atom stereocenters. The van der Waals surface area contributed by atoms with E-state index in [1.807, 2.05) is 6.07 Å². The van der Waals surface area contributed by atoms with Crippen LogP contribution >= 0.6 is 0 Å². The number of cyclic esters (lactones) is 2. The van der Waals surface area contributed by atoms with Crippen molar-refractivity contribution in [3.8, 4) is 0 Å². The lowest BCUT2D eigenvalue weighted by Crippen LogP contribution is -2.80. The van der Waals surface area contributed by atoms with Gasteiger partial charge in [0.25, 0.3) is 0 Å². The Bertz CT molecular complexity index is 2860. The van der Waals surface area contributed by atoms with E-state index in [4.69, 9.17) is 23.4 Å². The van der Waals surface area contributed by atoms with Crippen LogP contribution in [0, 0.1) is 104 Å². The van der Waals surface area contributed by atoms with Gasteiger partial charge in [0.15, 0.2) is 11.9 Å². The van der Waals surface area contributed by atoms with E-state index in [1.165, 1.54) is 24.8 Å². The van der Waals surface area contributed by atoms with Crippen molar-refractivity contribution < 1.29 is 53.1 Å². The summed E-state index contributed by atoms with van der Waals surface area (Å²) in [7, 11) is 0. The van der Waals surface area contributed by atoms with Gasteiger partial charge in [0.05, 0.1) is 48.5 Å². The molecule has 0 aromatic carbocycles. The van der Waals surface area contributed by atoms with Crippen molar-refractivity contribution in [2.45, 2.75) is 158 Å². The van der Waals surface area contributed by atoms with Crippen LogP contribution in [0.5, 0.6) is 0 Å². The summed E-state index contributed by atoms with van der Waals surface area (Å²) in [6.45, 7) is 8.19. The maximum Gasteiger partial charge on any atom is 0.339 e. The van der Waals surface area contributed by atoms with E-state index in [0.29, 0.717) is 66.2 Å². The third kappa shape index (κ3) is 4.90. The summed E-state index contributed by atoms with van der Waals surface area (Å²) >= 11 is 0. The van der Waals surface area contributed by atoms with E-state index in [9.17, 15) is 20.1 Å². The van der Waals surface area contributed by atoms with Crippen LogP contribution in [0.25, 0.3) is 0 Å². The summed E-state index contributed by atoms with van der Waals surface area (Å²) < 4.78 is 35.6. The number of ether oxygens (including phenoxy) is 4. The standard InChI is InChI=1S/C62H76N2O11/c1-31-38-9-4-7-32(38)12-18-57(31)16-6-17-60-45(57)23-37-22-36-8-5-15-58(36)26-35-25-55(2)51(40-14-20-71-44(40)24-41(43(66)28-65)33-10-11-39-34(21-33)13-19-64-30-63-27-42(39)64)73-54(70)52-62(55,74-52)56(3)47(35)59(48(60)46(67)50(56)68)29-72-53(69)49(58)61(37,59)75-60/h6,12-14,16,18-20,23,31-36,38-39,41-43,45,47-52,63,65-66,68H,4-5,7-11,15,17,21-22,24-30H2,1-3H3/t31-,32+,33+,34-,35+,36-,38+,39+,41+,42+,43-,45+,47+,48+,49+,50-,51+,52-,55+,56+,57-,58+,59-,60+,61+,62-/m1/s1. The van der Waals surface area contributed by atoms with Crippen molar-refractivity contribution in [3.05, 3.63) is 71.9 Å². The number of aliphatic hydroxyl groups is 3. The van der Waals surface area contributed by atoms with Crippen LogP contribution in [0.3, 0.4) is 0 Å². The fourth-order valence-corrected chi connectivity index (χ4v) is 24.6. The third-order valence-electron chi connectivity index (χ3n) is 26.9. The largest absolute Gasteiger partial charge is 0.469 e. The normalized spacial score (nSPS) is 56.8. The molecule has 400 valence electrons. The van der Waals surface area contributed by atoms with Crippen molar-refractivity contribution in [2.75, 3.05) is 26.4 Å². The lowest BCUT2D eigenvalue weighted by molar-refractivity contribution is -0.281. The van der Waals surface area contributed by atoms with Crippen molar-refractivity contribution in [1.82, 2.24) is 10.2 Å². The lowest BCUT2D eigenvalue weighted by Gasteiger charge is -2.70. The molecule has 1 aromatic heterocycles. The van der Waals surface area contributed by atoms with Crippen molar-refractivity contribution in [1.29, 1.82) is 0 Å². The molecule has 75 heavy (non-hydrogen) atoms. The molecule has 0 unspecified atom stereocenters. The highest BCUT2D eigenvalue weighted by atomic mass is 16.7. The fourth-order valence-electron chi connectivity index (χ4n) is 24.6. The Hall–Kier alpha value is -3.59. The predicted molar refractivity (Wildman–Crippen MR) is 269 cm³/mol. The number of hydrogen-bond acceptors (Lipinski definition) is 13. The first kappa shape index (κ1) is 46.3. The summed E-state index contributed by atoms with van der Waals surface area (Å²) in [5.41, 5.74) is -5.74. The summed E-state index contributed by atoms with van der Waals surface area (Å²) in [6, 6.07) is 2.39. The highest BCUT2D eigenvalue weighted by Gasteiger charge is 2.97. The molecular formula is C62H76N2O11. The van der Waals surface area contributed by atoms with Gasteiger partial charge in [0.1, 0.15) is 35.8 Å². The number of nitrogens with zero attached hydrogens (tertiary/aromatic N) is 1. The fraction of sp³-hybridized carbons (Fsp3) is 0.758. The molecule has 17 rings (SSSR count). The minimum atomic E-state index is -1.51. The van der Waals surface area contributed by atoms with Gasteiger partial charge in [-0.15, -0.1) is 0 Å². The Balaban J connectivity index is 0.812. The van der Waals surface area contributed by atoms with Gasteiger partial charge < -0.3 is 43.6 Å². The molecule has 4 N–H and O–H groups in total. The van der Waals surface area contributed by atoms with E-state index >= 15 is 9.59 Å². The summed E-state index contributed by atoms with van der Waals surface area (Å²) in [6.07, 6.45) is 26.5. The van der Waals surface area contributed by atoms with E-state index in [1.54, 1.807) is 6.26 Å². The molecule has 5 bridgehead atoms. The van der Waals surface area contributed by atoms with Crippen molar-refractivity contribution in [3.63, 3.8) is 0 Å². The number of esters is 2. The first-order valence-electron chi connectivity index (χ1n) is 29.7. The molecule has 16 aliphatic rings. The van der Waals surface area contributed by atoms with Crippen molar-refractivity contribution >= 4 is 17.7 Å². The number of rotatable bonds is 6. The van der Waals surface area contributed by atoms with Gasteiger partial charge in [-0.05, 0) is 153 Å². The molecule has 5 saturated heterocycles. The number of hydrogen-bond donors (Lipinski definition) is 4. The van der Waals surface area contributed by atoms with Crippen LogP contribution < -0.4 is 5.32 Å². The number of fused-ring (bicyclic) bond motifs is 5. The zero-order valence-corrected chi connectivity index (χ0v) is 43.9. The van der Waals surface area contributed by atoms with Crippen LogP contribution in [-0.2, 0) is 39.8 Å². The Kier molecular flexibility index (Phi) is 9.02. The summed E-state index contributed by atoms with van der Waals surface area (Å²) in [4.78, 5) is 49.5. The number of furan rings is 1. The number of carbonyl (C=O) groups excluding carboxylic acids is 3. The van der Waals surface area contributed by atoms with Crippen LogP contribution in [0.2, 0.25) is 0 Å². The second-order valence-electron chi connectivity index (χ2n) is 28.6. The number of ketones is 1. The Morgan fingerprint density at radius 1 is 0.960 bits per heavy atom. The Morgan fingerprint density at radius 3 is 2.71 bits per heavy atom. The molecule has 0 amide bonds. The minimum Gasteiger partial charge on any atom is -0.469 e. The first-order valence-corrected chi connectivity index (χ1v) is 29.7. The molecule has 0 radical (unpaired) electrons. The van der Waals surface area contributed by atoms with Crippen LogP contribution in [0.4, 0.5) is 0 Å². The zero-order chi connectivity index (χ0) is 50.8. The smallest absolute Gasteiger partial charge is 0.339 e. The number of Topliss-reactive ketones (excluding diaryl/α,β-unsaturated/α-hetero) is 1. The molecule has 8 heterocycles.